The summed E-state index contributed by atoms with van der Waals surface area (Å²) in [7, 11) is 0. The molecule has 1 saturated carbocycles. The molecular weight excluding hydrogens is 318 g/mol. The van der Waals surface area contributed by atoms with Gasteiger partial charge in [0.1, 0.15) is 25.7 Å². The maximum atomic E-state index is 11.8. The fourth-order valence-corrected chi connectivity index (χ4v) is 1.95. The lowest BCUT2D eigenvalue weighted by atomic mass is 9.97. The summed E-state index contributed by atoms with van der Waals surface area (Å²) in [5.41, 5.74) is 1.44. The highest BCUT2D eigenvalue weighted by atomic mass is 16.6. The Morgan fingerprint density at radius 2 is 1.75 bits per heavy atom. The Balaban J connectivity index is 2.27. The molecule has 0 aromatic heterocycles. The summed E-state index contributed by atoms with van der Waals surface area (Å²) in [4.78, 5) is 34.9. The Kier molecular flexibility index (Phi) is 7.47. The molecule has 0 unspecified atom stereocenters. The van der Waals surface area contributed by atoms with Gasteiger partial charge in [-0.15, -0.1) is 0 Å². The van der Waals surface area contributed by atoms with Gasteiger partial charge in [-0.2, -0.15) is 5.01 Å². The number of nitrogens with one attached hydrogen (secondary N) is 2. The van der Waals surface area contributed by atoms with E-state index in [1.807, 2.05) is 0 Å². The largest absolute Gasteiger partial charge is 0.462 e. The second kappa shape index (κ2) is 9.09. The molecule has 0 aromatic carbocycles. The zero-order valence-corrected chi connectivity index (χ0v) is 14.3. The third kappa shape index (κ3) is 6.84. The van der Waals surface area contributed by atoms with Gasteiger partial charge in [-0.3, -0.25) is 10.2 Å². The lowest BCUT2D eigenvalue weighted by molar-refractivity contribution is -0.153. The van der Waals surface area contributed by atoms with Gasteiger partial charge in [0.05, 0.1) is 5.41 Å². The van der Waals surface area contributed by atoms with Crippen LogP contribution in [0.3, 0.4) is 0 Å². The van der Waals surface area contributed by atoms with Crippen LogP contribution < -0.4 is 5.43 Å². The first-order valence-corrected chi connectivity index (χ1v) is 7.85. The first-order valence-electron chi connectivity index (χ1n) is 7.85. The molecule has 1 rings (SSSR count). The number of rotatable bonds is 5. The summed E-state index contributed by atoms with van der Waals surface area (Å²) in [6.07, 6.45) is 2.19. The lowest BCUT2D eigenvalue weighted by Crippen LogP contribution is -2.46. The normalized spacial score (nSPS) is 14.6. The number of hydrazine groups is 1. The smallest absolute Gasteiger partial charge is 0.434 e. The van der Waals surface area contributed by atoms with Crippen molar-refractivity contribution in [2.75, 3.05) is 13.2 Å². The molecule has 0 saturated heterocycles. The fraction of sp³-hybridized carbons (Fsp3) is 0.733. The number of amides is 2. The molecule has 0 heterocycles. The molecule has 136 valence electrons. The predicted molar refractivity (Wildman–Crippen MR) is 84.3 cm³/mol. The maximum absolute atomic E-state index is 11.8. The molecule has 0 atom stereocenters. The third-order valence-electron chi connectivity index (χ3n) is 3.27. The van der Waals surface area contributed by atoms with Crippen LogP contribution in [-0.2, 0) is 19.0 Å². The Hall–Kier alpha value is -2.32. The number of carbonyl (C=O) groups excluding carboxylic acids is 3. The van der Waals surface area contributed by atoms with E-state index in [1.165, 1.54) is 0 Å². The highest BCUT2D eigenvalue weighted by Gasteiger charge is 2.24. The summed E-state index contributed by atoms with van der Waals surface area (Å²) in [6, 6.07) is 0. The van der Waals surface area contributed by atoms with Crippen LogP contribution in [-0.4, -0.2) is 48.8 Å². The molecule has 9 heteroatoms. The third-order valence-corrected chi connectivity index (χ3v) is 3.27. The number of esters is 1. The Morgan fingerprint density at radius 1 is 1.17 bits per heavy atom. The Bertz CT molecular complexity index is 468. The van der Waals surface area contributed by atoms with Crippen molar-refractivity contribution in [3.05, 3.63) is 0 Å². The number of ether oxygens (including phenoxy) is 3. The average molecular weight is 343 g/mol. The monoisotopic (exact) mass is 343 g/mol. The fourth-order valence-electron chi connectivity index (χ4n) is 1.95. The van der Waals surface area contributed by atoms with Gasteiger partial charge in [0.15, 0.2) is 0 Å². The highest BCUT2D eigenvalue weighted by Crippen LogP contribution is 2.21. The second-order valence-corrected chi connectivity index (χ2v) is 6.42. The van der Waals surface area contributed by atoms with Crippen LogP contribution in [0, 0.1) is 10.8 Å². The van der Waals surface area contributed by atoms with Gasteiger partial charge in [-0.25, -0.2) is 15.0 Å². The van der Waals surface area contributed by atoms with E-state index in [2.05, 4.69) is 5.43 Å². The summed E-state index contributed by atoms with van der Waals surface area (Å²) in [6.45, 7) is 4.86. The van der Waals surface area contributed by atoms with Gasteiger partial charge in [-0.1, -0.05) is 0 Å². The molecule has 0 spiro atoms. The van der Waals surface area contributed by atoms with Crippen LogP contribution in [0.15, 0.2) is 0 Å². The summed E-state index contributed by atoms with van der Waals surface area (Å²) in [5, 5.41) is 7.76. The van der Waals surface area contributed by atoms with E-state index >= 15 is 0 Å². The molecule has 24 heavy (non-hydrogen) atoms. The van der Waals surface area contributed by atoms with Gasteiger partial charge in [0.2, 0.25) is 0 Å². The van der Waals surface area contributed by atoms with Crippen LogP contribution in [0.4, 0.5) is 9.59 Å². The first kappa shape index (κ1) is 19.7. The van der Waals surface area contributed by atoms with Crippen LogP contribution in [0.1, 0.15) is 46.5 Å². The van der Waals surface area contributed by atoms with Crippen molar-refractivity contribution in [2.45, 2.75) is 52.6 Å². The molecule has 9 nitrogen and oxygen atoms in total. The lowest BCUT2D eigenvalue weighted by Gasteiger charge is -2.20. The van der Waals surface area contributed by atoms with E-state index in [4.69, 9.17) is 19.6 Å². The SMILES string of the molecule is CC(C)(C)C(=O)OCCOC(=O)NN(C=N)C(=O)OC1CCCC1. The first-order chi connectivity index (χ1) is 11.2. The minimum absolute atomic E-state index is 0.0966. The molecular formula is C15H25N3O6. The molecule has 2 N–H and O–H groups in total. The topological polar surface area (TPSA) is 118 Å². The summed E-state index contributed by atoms with van der Waals surface area (Å²) < 4.78 is 14.9. The predicted octanol–water partition coefficient (Wildman–Crippen LogP) is 2.21. The average Bonchev–Trinajstić information content (AvgIpc) is 3.00. The van der Waals surface area contributed by atoms with Crippen molar-refractivity contribution in [1.29, 1.82) is 5.41 Å². The van der Waals surface area contributed by atoms with E-state index < -0.39 is 23.6 Å². The molecule has 0 bridgehead atoms. The van der Waals surface area contributed by atoms with Gasteiger partial charge >= 0.3 is 18.2 Å². The standard InChI is InChI=1S/C15H25N3O6/c1-15(2,3)12(19)22-8-9-23-13(20)17-18(10-16)14(21)24-11-6-4-5-7-11/h10-11,16H,4-9H2,1-3H3,(H,17,20). The van der Waals surface area contributed by atoms with E-state index in [1.54, 1.807) is 20.8 Å². The van der Waals surface area contributed by atoms with E-state index in [9.17, 15) is 14.4 Å². The van der Waals surface area contributed by atoms with Crippen LogP contribution in [0.5, 0.6) is 0 Å². The van der Waals surface area contributed by atoms with Crippen LogP contribution >= 0.6 is 0 Å². The zero-order chi connectivity index (χ0) is 18.2. The highest BCUT2D eigenvalue weighted by molar-refractivity contribution is 5.84. The van der Waals surface area contributed by atoms with Crippen molar-refractivity contribution in [3.63, 3.8) is 0 Å². The van der Waals surface area contributed by atoms with Gasteiger partial charge in [0.25, 0.3) is 0 Å². The minimum Gasteiger partial charge on any atom is -0.462 e. The van der Waals surface area contributed by atoms with Crippen LogP contribution in [0.2, 0.25) is 0 Å². The quantitative estimate of drug-likeness (QED) is 0.197. The van der Waals surface area contributed by atoms with Crippen molar-refractivity contribution >= 4 is 24.5 Å². The molecule has 1 aliphatic rings. The minimum atomic E-state index is -0.950. The number of hydrogen-bond acceptors (Lipinski definition) is 7. The summed E-state index contributed by atoms with van der Waals surface area (Å²) >= 11 is 0. The second-order valence-electron chi connectivity index (χ2n) is 6.42. The van der Waals surface area contributed by atoms with Crippen LogP contribution in [0.25, 0.3) is 0 Å². The number of nitrogens with zero attached hydrogens (tertiary/aromatic N) is 1. The van der Waals surface area contributed by atoms with Crippen molar-refractivity contribution in [3.8, 4) is 0 Å². The van der Waals surface area contributed by atoms with Gasteiger partial charge < -0.3 is 14.2 Å². The number of hydrogen-bond donors (Lipinski definition) is 2. The Morgan fingerprint density at radius 3 is 2.29 bits per heavy atom. The summed E-state index contributed by atoms with van der Waals surface area (Å²) in [5.74, 6) is -0.409. The molecule has 1 aliphatic carbocycles. The molecule has 0 aliphatic heterocycles. The van der Waals surface area contributed by atoms with Crippen molar-refractivity contribution < 1.29 is 28.6 Å². The molecule has 0 aromatic rings. The zero-order valence-electron chi connectivity index (χ0n) is 14.3. The molecule has 1 fully saturated rings. The van der Waals surface area contributed by atoms with E-state index in [-0.39, 0.29) is 19.3 Å². The van der Waals surface area contributed by atoms with Gasteiger partial charge in [-0.05, 0) is 46.5 Å². The van der Waals surface area contributed by atoms with E-state index in [0.717, 1.165) is 25.7 Å². The molecule has 2 amide bonds. The van der Waals surface area contributed by atoms with E-state index in [0.29, 0.717) is 11.3 Å². The van der Waals surface area contributed by atoms with Crippen molar-refractivity contribution in [1.82, 2.24) is 10.4 Å². The van der Waals surface area contributed by atoms with Crippen molar-refractivity contribution in [2.24, 2.45) is 5.41 Å². The Labute approximate surface area is 141 Å². The maximum Gasteiger partial charge on any atom is 0.434 e. The number of carbonyl (C=O) groups is 3. The van der Waals surface area contributed by atoms with Gasteiger partial charge in [0, 0.05) is 0 Å². The molecule has 0 radical (unpaired) electrons.